The molecule has 0 atom stereocenters. The van der Waals surface area contributed by atoms with Gasteiger partial charge in [0.25, 0.3) is 5.91 Å². The first-order valence-electron chi connectivity index (χ1n) is 6.82. The number of hydrogen-bond donors (Lipinski definition) is 1. The highest BCUT2D eigenvalue weighted by atomic mass is 16.2. The summed E-state index contributed by atoms with van der Waals surface area (Å²) in [5, 5.41) is 4.13. The monoisotopic (exact) mass is 262 g/mol. The number of fused-ring (bicyclic) bond motifs is 3. The molecule has 2 heterocycles. The summed E-state index contributed by atoms with van der Waals surface area (Å²) in [7, 11) is 0. The minimum atomic E-state index is 0.0197. The van der Waals surface area contributed by atoms with Crippen molar-refractivity contribution in [3.8, 4) is 5.69 Å². The van der Waals surface area contributed by atoms with E-state index in [1.807, 2.05) is 42.5 Å². The number of para-hydroxylation sites is 2. The summed E-state index contributed by atoms with van der Waals surface area (Å²) < 4.78 is 2.07. The maximum atomic E-state index is 12.3. The standard InChI is InChI=1S/C17H14N2O/c20-17-16-14(10-11-18-17)13-8-4-5-9-15(13)19(16)12-6-2-1-3-7-12/h1-9H,10-11H2,(H,18,20). The van der Waals surface area contributed by atoms with Crippen LogP contribution in [-0.4, -0.2) is 17.0 Å². The van der Waals surface area contributed by atoms with Crippen molar-refractivity contribution in [2.24, 2.45) is 0 Å². The van der Waals surface area contributed by atoms with Crippen LogP contribution in [-0.2, 0) is 6.42 Å². The van der Waals surface area contributed by atoms with Crippen LogP contribution in [0, 0.1) is 0 Å². The molecule has 0 saturated heterocycles. The summed E-state index contributed by atoms with van der Waals surface area (Å²) >= 11 is 0. The van der Waals surface area contributed by atoms with Gasteiger partial charge in [-0.05, 0) is 30.2 Å². The number of hydrogen-bond acceptors (Lipinski definition) is 1. The molecule has 2 aromatic carbocycles. The van der Waals surface area contributed by atoms with Crippen molar-refractivity contribution < 1.29 is 4.79 Å². The van der Waals surface area contributed by atoms with Gasteiger partial charge in [-0.2, -0.15) is 0 Å². The predicted octanol–water partition coefficient (Wildman–Crippen LogP) is 2.92. The van der Waals surface area contributed by atoms with Gasteiger partial charge in [0.15, 0.2) is 0 Å². The Morgan fingerprint density at radius 2 is 1.70 bits per heavy atom. The first kappa shape index (κ1) is 11.3. The van der Waals surface area contributed by atoms with E-state index in [4.69, 9.17) is 0 Å². The average molecular weight is 262 g/mol. The number of nitrogens with one attached hydrogen (secondary N) is 1. The van der Waals surface area contributed by atoms with Crippen LogP contribution in [0.3, 0.4) is 0 Å². The van der Waals surface area contributed by atoms with E-state index < -0.39 is 0 Å². The van der Waals surface area contributed by atoms with Gasteiger partial charge in [0.05, 0.1) is 5.52 Å². The molecule has 1 aliphatic rings. The van der Waals surface area contributed by atoms with Crippen LogP contribution in [0.2, 0.25) is 0 Å². The number of carbonyl (C=O) groups is 1. The van der Waals surface area contributed by atoms with Gasteiger partial charge in [-0.3, -0.25) is 4.79 Å². The highest BCUT2D eigenvalue weighted by Gasteiger charge is 2.25. The van der Waals surface area contributed by atoms with Crippen molar-refractivity contribution in [3.63, 3.8) is 0 Å². The minimum absolute atomic E-state index is 0.0197. The molecular formula is C17H14N2O. The molecule has 3 nitrogen and oxygen atoms in total. The molecule has 1 amide bonds. The molecule has 3 aromatic rings. The molecule has 0 unspecified atom stereocenters. The van der Waals surface area contributed by atoms with E-state index in [0.717, 1.165) is 28.9 Å². The molecule has 0 aliphatic carbocycles. The van der Waals surface area contributed by atoms with Crippen molar-refractivity contribution in [2.75, 3.05) is 6.54 Å². The molecule has 0 spiro atoms. The van der Waals surface area contributed by atoms with Crippen LogP contribution in [0.5, 0.6) is 0 Å². The zero-order chi connectivity index (χ0) is 13.5. The van der Waals surface area contributed by atoms with Crippen molar-refractivity contribution >= 4 is 16.8 Å². The highest BCUT2D eigenvalue weighted by Crippen LogP contribution is 2.31. The average Bonchev–Trinajstić information content (AvgIpc) is 2.84. The lowest BCUT2D eigenvalue weighted by Crippen LogP contribution is -2.33. The number of aromatic nitrogens is 1. The smallest absolute Gasteiger partial charge is 0.268 e. The molecule has 0 saturated carbocycles. The normalized spacial score (nSPS) is 14.1. The summed E-state index contributed by atoms with van der Waals surface area (Å²) in [6.45, 7) is 0.717. The largest absolute Gasteiger partial charge is 0.350 e. The molecule has 0 radical (unpaired) electrons. The summed E-state index contributed by atoms with van der Waals surface area (Å²) in [5.74, 6) is 0.0197. The highest BCUT2D eigenvalue weighted by molar-refractivity contribution is 6.03. The first-order valence-corrected chi connectivity index (χ1v) is 6.82. The van der Waals surface area contributed by atoms with E-state index >= 15 is 0 Å². The van der Waals surface area contributed by atoms with Crippen LogP contribution < -0.4 is 5.32 Å². The molecule has 1 N–H and O–H groups in total. The number of amides is 1. The van der Waals surface area contributed by atoms with E-state index in [2.05, 4.69) is 22.0 Å². The molecular weight excluding hydrogens is 248 g/mol. The Morgan fingerprint density at radius 3 is 2.55 bits per heavy atom. The fourth-order valence-electron chi connectivity index (χ4n) is 3.03. The fraction of sp³-hybridized carbons (Fsp3) is 0.118. The Labute approximate surface area is 116 Å². The SMILES string of the molecule is O=C1NCCc2c1n(-c1ccccc1)c1ccccc21. The van der Waals surface area contributed by atoms with Crippen LogP contribution in [0.4, 0.5) is 0 Å². The number of carbonyl (C=O) groups excluding carboxylic acids is 1. The maximum absolute atomic E-state index is 12.3. The van der Waals surface area contributed by atoms with Crippen molar-refractivity contribution in [2.45, 2.75) is 6.42 Å². The summed E-state index contributed by atoms with van der Waals surface area (Å²) in [5.41, 5.74) is 4.07. The lowest BCUT2D eigenvalue weighted by molar-refractivity contribution is 0.0939. The van der Waals surface area contributed by atoms with Crippen LogP contribution in [0.15, 0.2) is 54.6 Å². The fourth-order valence-corrected chi connectivity index (χ4v) is 3.03. The molecule has 4 rings (SSSR count). The van der Waals surface area contributed by atoms with Gasteiger partial charge in [0.2, 0.25) is 0 Å². The van der Waals surface area contributed by atoms with E-state index in [1.54, 1.807) is 0 Å². The van der Waals surface area contributed by atoms with Gasteiger partial charge in [-0.1, -0.05) is 36.4 Å². The van der Waals surface area contributed by atoms with Gasteiger partial charge in [-0.25, -0.2) is 0 Å². The van der Waals surface area contributed by atoms with E-state index in [0.29, 0.717) is 6.54 Å². The summed E-state index contributed by atoms with van der Waals surface area (Å²) in [6, 6.07) is 18.3. The lowest BCUT2D eigenvalue weighted by atomic mass is 10.0. The Morgan fingerprint density at radius 1 is 0.950 bits per heavy atom. The number of nitrogens with zero attached hydrogens (tertiary/aromatic N) is 1. The Bertz CT molecular complexity index is 802. The summed E-state index contributed by atoms with van der Waals surface area (Å²) in [6.07, 6.45) is 0.890. The molecule has 1 aromatic heterocycles. The molecule has 0 fully saturated rings. The van der Waals surface area contributed by atoms with Gasteiger partial charge < -0.3 is 9.88 Å². The minimum Gasteiger partial charge on any atom is -0.350 e. The van der Waals surface area contributed by atoms with E-state index in [-0.39, 0.29) is 5.91 Å². The summed E-state index contributed by atoms with van der Waals surface area (Å²) in [4.78, 5) is 12.3. The van der Waals surface area contributed by atoms with Crippen molar-refractivity contribution in [3.05, 3.63) is 65.9 Å². The molecule has 98 valence electrons. The zero-order valence-corrected chi connectivity index (χ0v) is 11.0. The van der Waals surface area contributed by atoms with Crippen molar-refractivity contribution in [1.82, 2.24) is 9.88 Å². The molecule has 1 aliphatic heterocycles. The Hall–Kier alpha value is -2.55. The third-order valence-electron chi connectivity index (χ3n) is 3.87. The van der Waals surface area contributed by atoms with E-state index in [1.165, 1.54) is 5.39 Å². The second-order valence-corrected chi connectivity index (χ2v) is 5.02. The van der Waals surface area contributed by atoms with Crippen LogP contribution in [0.25, 0.3) is 16.6 Å². The predicted molar refractivity (Wildman–Crippen MR) is 79.3 cm³/mol. The third-order valence-corrected chi connectivity index (χ3v) is 3.87. The first-order chi connectivity index (χ1) is 9.86. The Kier molecular flexibility index (Phi) is 2.39. The second kappa shape index (κ2) is 4.23. The van der Waals surface area contributed by atoms with Crippen LogP contribution >= 0.6 is 0 Å². The van der Waals surface area contributed by atoms with E-state index in [9.17, 15) is 4.79 Å². The van der Waals surface area contributed by atoms with Crippen molar-refractivity contribution in [1.29, 1.82) is 0 Å². The van der Waals surface area contributed by atoms with Gasteiger partial charge in [0, 0.05) is 17.6 Å². The Balaban J connectivity index is 2.14. The van der Waals surface area contributed by atoms with Crippen LogP contribution in [0.1, 0.15) is 16.1 Å². The third kappa shape index (κ3) is 1.50. The van der Waals surface area contributed by atoms with Gasteiger partial charge in [-0.15, -0.1) is 0 Å². The lowest BCUT2D eigenvalue weighted by Gasteiger charge is -2.16. The molecule has 0 bridgehead atoms. The van der Waals surface area contributed by atoms with Gasteiger partial charge >= 0.3 is 0 Å². The molecule has 3 heteroatoms. The topological polar surface area (TPSA) is 34.0 Å². The quantitative estimate of drug-likeness (QED) is 0.719. The number of rotatable bonds is 1. The zero-order valence-electron chi connectivity index (χ0n) is 11.0. The van der Waals surface area contributed by atoms with Gasteiger partial charge in [0.1, 0.15) is 5.69 Å². The number of benzene rings is 2. The maximum Gasteiger partial charge on any atom is 0.268 e. The molecule has 20 heavy (non-hydrogen) atoms. The second-order valence-electron chi connectivity index (χ2n) is 5.02.